The van der Waals surface area contributed by atoms with Crippen LogP contribution < -0.4 is 5.73 Å². The summed E-state index contributed by atoms with van der Waals surface area (Å²) < 4.78 is 0. The molecule has 5 heteroatoms. The minimum Gasteiger partial charge on any atom is -0.338 e. The van der Waals surface area contributed by atoms with E-state index in [4.69, 9.17) is 5.73 Å². The summed E-state index contributed by atoms with van der Waals surface area (Å²) in [6.07, 6.45) is 0. The molecule has 1 aromatic rings. The Morgan fingerprint density at radius 1 is 1.37 bits per heavy atom. The van der Waals surface area contributed by atoms with E-state index in [1.165, 1.54) is 0 Å². The van der Waals surface area contributed by atoms with Crippen LogP contribution in [0.5, 0.6) is 0 Å². The van der Waals surface area contributed by atoms with Crippen LogP contribution in [0.25, 0.3) is 0 Å². The van der Waals surface area contributed by atoms with Gasteiger partial charge in [0.15, 0.2) is 0 Å². The summed E-state index contributed by atoms with van der Waals surface area (Å²) in [4.78, 5) is 17.6. The summed E-state index contributed by atoms with van der Waals surface area (Å²) in [7, 11) is 0. The second-order valence-electron chi connectivity index (χ2n) is 5.51. The van der Waals surface area contributed by atoms with Gasteiger partial charge in [-0.05, 0) is 17.4 Å². The molecule has 0 aliphatic carbocycles. The van der Waals surface area contributed by atoms with Gasteiger partial charge in [0, 0.05) is 37.6 Å². The SMILES string of the molecule is CC(C)CN1CCN(C(=O)C(N)c2cccs2)CC1. The summed E-state index contributed by atoms with van der Waals surface area (Å²) >= 11 is 1.55. The molecule has 0 spiro atoms. The summed E-state index contributed by atoms with van der Waals surface area (Å²) in [5, 5.41) is 1.96. The van der Waals surface area contributed by atoms with E-state index < -0.39 is 6.04 Å². The van der Waals surface area contributed by atoms with E-state index in [9.17, 15) is 4.79 Å². The number of rotatable bonds is 4. The Bertz CT molecular complexity index is 397. The molecule has 2 heterocycles. The van der Waals surface area contributed by atoms with Crippen molar-refractivity contribution in [3.05, 3.63) is 22.4 Å². The molecule has 2 N–H and O–H groups in total. The van der Waals surface area contributed by atoms with E-state index in [1.54, 1.807) is 11.3 Å². The van der Waals surface area contributed by atoms with Crippen LogP contribution in [0.2, 0.25) is 0 Å². The zero-order valence-electron chi connectivity index (χ0n) is 11.7. The minimum atomic E-state index is -0.489. The molecule has 1 aliphatic heterocycles. The van der Waals surface area contributed by atoms with Crippen LogP contribution in [0.15, 0.2) is 17.5 Å². The molecule has 106 valence electrons. The lowest BCUT2D eigenvalue weighted by atomic mass is 10.1. The molecule has 2 rings (SSSR count). The fourth-order valence-corrected chi connectivity index (χ4v) is 3.17. The van der Waals surface area contributed by atoms with E-state index in [0.717, 1.165) is 37.6 Å². The van der Waals surface area contributed by atoms with E-state index >= 15 is 0 Å². The summed E-state index contributed by atoms with van der Waals surface area (Å²) in [6, 6.07) is 3.38. The van der Waals surface area contributed by atoms with Crippen molar-refractivity contribution in [2.45, 2.75) is 19.9 Å². The molecule has 0 aromatic carbocycles. The first-order valence-corrected chi connectivity index (χ1v) is 7.76. The van der Waals surface area contributed by atoms with Crippen LogP contribution >= 0.6 is 11.3 Å². The number of carbonyl (C=O) groups is 1. The molecule has 0 radical (unpaired) electrons. The lowest BCUT2D eigenvalue weighted by molar-refractivity contribution is -0.134. The zero-order chi connectivity index (χ0) is 13.8. The number of nitrogens with zero attached hydrogens (tertiary/aromatic N) is 2. The van der Waals surface area contributed by atoms with Crippen molar-refractivity contribution < 1.29 is 4.79 Å². The normalized spacial score (nSPS) is 18.8. The Kier molecular flexibility index (Phi) is 4.96. The van der Waals surface area contributed by atoms with Crippen molar-refractivity contribution in [3.63, 3.8) is 0 Å². The fraction of sp³-hybridized carbons (Fsp3) is 0.643. The van der Waals surface area contributed by atoms with Gasteiger partial charge in [0.2, 0.25) is 5.91 Å². The van der Waals surface area contributed by atoms with Gasteiger partial charge in [0.25, 0.3) is 0 Å². The Labute approximate surface area is 119 Å². The summed E-state index contributed by atoms with van der Waals surface area (Å²) in [5.41, 5.74) is 6.03. The number of hydrogen-bond acceptors (Lipinski definition) is 4. The van der Waals surface area contributed by atoms with Crippen LogP contribution in [-0.4, -0.2) is 48.4 Å². The maximum absolute atomic E-state index is 12.3. The van der Waals surface area contributed by atoms with Gasteiger partial charge in [-0.15, -0.1) is 11.3 Å². The number of thiophene rings is 1. The van der Waals surface area contributed by atoms with E-state index in [-0.39, 0.29) is 5.91 Å². The topological polar surface area (TPSA) is 49.6 Å². The molecule has 1 saturated heterocycles. The Hall–Kier alpha value is -0.910. The zero-order valence-corrected chi connectivity index (χ0v) is 12.5. The third-order valence-electron chi connectivity index (χ3n) is 3.42. The number of carbonyl (C=O) groups excluding carboxylic acids is 1. The molecular weight excluding hydrogens is 258 g/mol. The highest BCUT2D eigenvalue weighted by Crippen LogP contribution is 2.19. The standard InChI is InChI=1S/C14H23N3OS/c1-11(2)10-16-5-7-17(8-6-16)14(18)13(15)12-4-3-9-19-12/h3-4,9,11,13H,5-8,10,15H2,1-2H3. The van der Waals surface area contributed by atoms with Gasteiger partial charge in [-0.25, -0.2) is 0 Å². The molecule has 1 unspecified atom stereocenters. The highest BCUT2D eigenvalue weighted by molar-refractivity contribution is 7.10. The van der Waals surface area contributed by atoms with Crippen molar-refractivity contribution in [1.29, 1.82) is 0 Å². The molecule has 1 amide bonds. The van der Waals surface area contributed by atoms with Crippen LogP contribution in [0.1, 0.15) is 24.8 Å². The molecular formula is C14H23N3OS. The van der Waals surface area contributed by atoms with Crippen LogP contribution in [0.3, 0.4) is 0 Å². The first kappa shape index (κ1) is 14.5. The van der Waals surface area contributed by atoms with Gasteiger partial charge >= 0.3 is 0 Å². The first-order valence-electron chi connectivity index (χ1n) is 6.88. The van der Waals surface area contributed by atoms with Crippen LogP contribution in [0.4, 0.5) is 0 Å². The molecule has 1 aliphatic rings. The number of nitrogens with two attached hydrogens (primary N) is 1. The van der Waals surface area contributed by atoms with Crippen molar-refractivity contribution >= 4 is 17.2 Å². The number of amides is 1. The Morgan fingerprint density at radius 3 is 2.58 bits per heavy atom. The average Bonchev–Trinajstić information content (AvgIpc) is 2.91. The Morgan fingerprint density at radius 2 is 2.05 bits per heavy atom. The molecule has 0 saturated carbocycles. The van der Waals surface area contributed by atoms with Gasteiger partial charge in [-0.3, -0.25) is 9.69 Å². The molecule has 0 bridgehead atoms. The van der Waals surface area contributed by atoms with E-state index in [1.807, 2.05) is 22.4 Å². The second kappa shape index (κ2) is 6.50. The number of hydrogen-bond donors (Lipinski definition) is 1. The van der Waals surface area contributed by atoms with Gasteiger partial charge in [-0.2, -0.15) is 0 Å². The van der Waals surface area contributed by atoms with Crippen molar-refractivity contribution in [2.75, 3.05) is 32.7 Å². The second-order valence-corrected chi connectivity index (χ2v) is 6.49. The van der Waals surface area contributed by atoms with Crippen molar-refractivity contribution in [2.24, 2.45) is 11.7 Å². The summed E-state index contributed by atoms with van der Waals surface area (Å²) in [6.45, 7) is 9.07. The smallest absolute Gasteiger partial charge is 0.245 e. The molecule has 1 aromatic heterocycles. The lowest BCUT2D eigenvalue weighted by Gasteiger charge is -2.36. The third kappa shape index (κ3) is 3.78. The van der Waals surface area contributed by atoms with Crippen LogP contribution in [-0.2, 0) is 4.79 Å². The predicted molar refractivity (Wildman–Crippen MR) is 79.1 cm³/mol. The maximum Gasteiger partial charge on any atom is 0.245 e. The fourth-order valence-electron chi connectivity index (χ4n) is 2.45. The van der Waals surface area contributed by atoms with E-state index in [2.05, 4.69) is 18.7 Å². The van der Waals surface area contributed by atoms with Gasteiger partial charge in [-0.1, -0.05) is 19.9 Å². The average molecular weight is 281 g/mol. The summed E-state index contributed by atoms with van der Waals surface area (Å²) in [5.74, 6) is 0.738. The predicted octanol–water partition coefficient (Wildman–Crippen LogP) is 1.55. The quantitative estimate of drug-likeness (QED) is 0.911. The van der Waals surface area contributed by atoms with Gasteiger partial charge in [0.1, 0.15) is 6.04 Å². The van der Waals surface area contributed by atoms with Gasteiger partial charge < -0.3 is 10.6 Å². The van der Waals surface area contributed by atoms with E-state index in [0.29, 0.717) is 5.92 Å². The highest BCUT2D eigenvalue weighted by atomic mass is 32.1. The molecule has 4 nitrogen and oxygen atoms in total. The lowest BCUT2D eigenvalue weighted by Crippen LogP contribution is -2.51. The Balaban J connectivity index is 1.85. The first-order chi connectivity index (χ1) is 9.08. The minimum absolute atomic E-state index is 0.0617. The molecule has 1 fully saturated rings. The molecule has 1 atom stereocenters. The molecule has 19 heavy (non-hydrogen) atoms. The van der Waals surface area contributed by atoms with Crippen molar-refractivity contribution in [3.8, 4) is 0 Å². The number of piperazine rings is 1. The monoisotopic (exact) mass is 281 g/mol. The van der Waals surface area contributed by atoms with Crippen molar-refractivity contribution in [1.82, 2.24) is 9.80 Å². The van der Waals surface area contributed by atoms with Crippen LogP contribution in [0, 0.1) is 5.92 Å². The third-order valence-corrected chi connectivity index (χ3v) is 4.38. The van der Waals surface area contributed by atoms with Gasteiger partial charge in [0.05, 0.1) is 0 Å². The largest absolute Gasteiger partial charge is 0.338 e. The maximum atomic E-state index is 12.3. The highest BCUT2D eigenvalue weighted by Gasteiger charge is 2.26.